The summed E-state index contributed by atoms with van der Waals surface area (Å²) in [7, 11) is 0. The van der Waals surface area contributed by atoms with Gasteiger partial charge in [-0.3, -0.25) is 4.79 Å². The van der Waals surface area contributed by atoms with Crippen LogP contribution in [-0.4, -0.2) is 30.5 Å². The summed E-state index contributed by atoms with van der Waals surface area (Å²) in [6.07, 6.45) is 2.14. The highest BCUT2D eigenvalue weighted by atomic mass is 16.5. The Bertz CT molecular complexity index is 355. The van der Waals surface area contributed by atoms with Crippen molar-refractivity contribution in [2.45, 2.75) is 19.8 Å². The third kappa shape index (κ3) is 2.54. The van der Waals surface area contributed by atoms with Crippen LogP contribution in [0.5, 0.6) is 5.75 Å². The van der Waals surface area contributed by atoms with Crippen LogP contribution in [0.2, 0.25) is 0 Å². The molecule has 16 heavy (non-hydrogen) atoms. The van der Waals surface area contributed by atoms with E-state index in [1.54, 1.807) is 0 Å². The number of rotatable bonds is 4. The molecule has 1 amide bonds. The first kappa shape index (κ1) is 11.0. The van der Waals surface area contributed by atoms with Crippen molar-refractivity contribution in [3.05, 3.63) is 29.8 Å². The first-order chi connectivity index (χ1) is 7.79. The van der Waals surface area contributed by atoms with Gasteiger partial charge in [-0.1, -0.05) is 19.1 Å². The van der Waals surface area contributed by atoms with E-state index in [1.165, 1.54) is 5.56 Å². The average Bonchev–Trinajstić information content (AvgIpc) is 2.25. The Morgan fingerprint density at radius 3 is 2.50 bits per heavy atom. The molecule has 0 bridgehead atoms. The summed E-state index contributed by atoms with van der Waals surface area (Å²) in [4.78, 5) is 13.3. The number of carbonyl (C=O) groups is 1. The number of nitrogens with zero attached hydrogens (tertiary/aromatic N) is 1. The molecule has 0 radical (unpaired) electrons. The van der Waals surface area contributed by atoms with Crippen LogP contribution in [0, 0.1) is 0 Å². The Kier molecular flexibility index (Phi) is 3.44. The van der Waals surface area contributed by atoms with Crippen LogP contribution in [0.15, 0.2) is 24.3 Å². The summed E-state index contributed by atoms with van der Waals surface area (Å²) in [5.41, 5.74) is 1.28. The Balaban J connectivity index is 1.81. The highest BCUT2D eigenvalue weighted by Crippen LogP contribution is 2.13. The van der Waals surface area contributed by atoms with E-state index in [-0.39, 0.29) is 12.5 Å². The largest absolute Gasteiger partial charge is 0.484 e. The molecule has 0 saturated carbocycles. The van der Waals surface area contributed by atoms with Gasteiger partial charge in [0.15, 0.2) is 6.61 Å². The smallest absolute Gasteiger partial charge is 0.260 e. The zero-order valence-corrected chi connectivity index (χ0v) is 9.61. The molecule has 1 aromatic rings. The third-order valence-corrected chi connectivity index (χ3v) is 2.90. The summed E-state index contributed by atoms with van der Waals surface area (Å²) in [5, 5.41) is 0. The predicted molar refractivity (Wildman–Crippen MR) is 62.5 cm³/mol. The first-order valence-electron chi connectivity index (χ1n) is 5.79. The fourth-order valence-electron chi connectivity index (χ4n) is 1.62. The molecule has 1 aliphatic rings. The van der Waals surface area contributed by atoms with E-state index in [9.17, 15) is 4.79 Å². The lowest BCUT2D eigenvalue weighted by Crippen LogP contribution is -2.44. The van der Waals surface area contributed by atoms with E-state index in [2.05, 4.69) is 6.92 Å². The fourth-order valence-corrected chi connectivity index (χ4v) is 1.62. The lowest BCUT2D eigenvalue weighted by Gasteiger charge is -2.30. The van der Waals surface area contributed by atoms with Crippen LogP contribution >= 0.6 is 0 Å². The second-order valence-electron chi connectivity index (χ2n) is 4.02. The van der Waals surface area contributed by atoms with Gasteiger partial charge in [0.05, 0.1) is 0 Å². The molecular formula is C13H17NO2. The van der Waals surface area contributed by atoms with E-state index >= 15 is 0 Å². The zero-order chi connectivity index (χ0) is 11.4. The molecular weight excluding hydrogens is 202 g/mol. The molecule has 3 nitrogen and oxygen atoms in total. The van der Waals surface area contributed by atoms with Crippen LogP contribution < -0.4 is 4.74 Å². The minimum atomic E-state index is 0.0887. The first-order valence-corrected chi connectivity index (χ1v) is 5.79. The number of ether oxygens (including phenoxy) is 1. The lowest BCUT2D eigenvalue weighted by atomic mass is 10.2. The molecule has 3 heteroatoms. The molecule has 0 N–H and O–H groups in total. The Morgan fingerprint density at radius 2 is 2.00 bits per heavy atom. The molecule has 86 valence electrons. The molecule has 1 saturated heterocycles. The highest BCUT2D eigenvalue weighted by Gasteiger charge is 2.20. The van der Waals surface area contributed by atoms with Crippen molar-refractivity contribution in [3.8, 4) is 5.75 Å². The molecule has 0 spiro atoms. The molecule has 1 heterocycles. The van der Waals surface area contributed by atoms with E-state index in [4.69, 9.17) is 4.74 Å². The minimum absolute atomic E-state index is 0.0887. The number of likely N-dealkylation sites (tertiary alicyclic amines) is 1. The van der Waals surface area contributed by atoms with E-state index in [0.29, 0.717) is 0 Å². The van der Waals surface area contributed by atoms with Crippen LogP contribution in [0.25, 0.3) is 0 Å². The summed E-state index contributed by atoms with van der Waals surface area (Å²) >= 11 is 0. The Morgan fingerprint density at radius 1 is 1.31 bits per heavy atom. The zero-order valence-electron chi connectivity index (χ0n) is 9.61. The second kappa shape index (κ2) is 5.01. The van der Waals surface area contributed by atoms with Crippen molar-refractivity contribution in [1.29, 1.82) is 0 Å². The summed E-state index contributed by atoms with van der Waals surface area (Å²) in [6.45, 7) is 4.04. The van der Waals surface area contributed by atoms with Crippen LogP contribution in [0.4, 0.5) is 0 Å². The number of aryl methyl sites for hydroxylation is 1. The molecule has 0 atom stereocenters. The van der Waals surface area contributed by atoms with Gasteiger partial charge in [0.1, 0.15) is 5.75 Å². The normalized spacial score (nSPS) is 14.4. The Hall–Kier alpha value is -1.51. The van der Waals surface area contributed by atoms with Crippen molar-refractivity contribution in [1.82, 2.24) is 4.90 Å². The molecule has 1 aromatic carbocycles. The van der Waals surface area contributed by atoms with E-state index in [0.717, 1.165) is 31.7 Å². The minimum Gasteiger partial charge on any atom is -0.484 e. The van der Waals surface area contributed by atoms with Gasteiger partial charge in [0.2, 0.25) is 0 Å². The SMILES string of the molecule is CCc1ccc(OCC(=O)N2CCC2)cc1. The summed E-state index contributed by atoms with van der Waals surface area (Å²) in [5.74, 6) is 0.858. The average molecular weight is 219 g/mol. The maximum absolute atomic E-state index is 11.5. The topological polar surface area (TPSA) is 29.5 Å². The van der Waals surface area contributed by atoms with Crippen molar-refractivity contribution in [3.63, 3.8) is 0 Å². The van der Waals surface area contributed by atoms with Crippen molar-refractivity contribution < 1.29 is 9.53 Å². The number of benzene rings is 1. The molecule has 0 aliphatic carbocycles. The number of hydrogen-bond donors (Lipinski definition) is 0. The lowest BCUT2D eigenvalue weighted by molar-refractivity contribution is -0.136. The number of carbonyl (C=O) groups excluding carboxylic acids is 1. The van der Waals surface area contributed by atoms with Gasteiger partial charge >= 0.3 is 0 Å². The Labute approximate surface area is 96.0 Å². The van der Waals surface area contributed by atoms with Gasteiger partial charge < -0.3 is 9.64 Å². The molecule has 0 unspecified atom stereocenters. The van der Waals surface area contributed by atoms with Gasteiger partial charge in [-0.25, -0.2) is 0 Å². The standard InChI is InChI=1S/C13H17NO2/c1-2-11-4-6-12(7-5-11)16-10-13(15)14-8-3-9-14/h4-7H,2-3,8-10H2,1H3. The quantitative estimate of drug-likeness (QED) is 0.773. The number of amides is 1. The molecule has 2 rings (SSSR count). The second-order valence-corrected chi connectivity index (χ2v) is 4.02. The summed E-state index contributed by atoms with van der Waals surface area (Å²) < 4.78 is 5.43. The molecule has 0 aromatic heterocycles. The molecule has 1 aliphatic heterocycles. The van der Waals surface area contributed by atoms with Crippen LogP contribution in [0.3, 0.4) is 0 Å². The van der Waals surface area contributed by atoms with Gasteiger partial charge in [0.25, 0.3) is 5.91 Å². The van der Waals surface area contributed by atoms with Crippen molar-refractivity contribution in [2.24, 2.45) is 0 Å². The van der Waals surface area contributed by atoms with Crippen LogP contribution in [0.1, 0.15) is 18.9 Å². The predicted octanol–water partition coefficient (Wildman–Crippen LogP) is 1.86. The van der Waals surface area contributed by atoms with Gasteiger partial charge in [-0.05, 0) is 30.5 Å². The highest BCUT2D eigenvalue weighted by molar-refractivity contribution is 5.78. The van der Waals surface area contributed by atoms with Gasteiger partial charge in [-0.15, -0.1) is 0 Å². The maximum atomic E-state index is 11.5. The number of hydrogen-bond acceptors (Lipinski definition) is 2. The van der Waals surface area contributed by atoms with Crippen molar-refractivity contribution >= 4 is 5.91 Å². The van der Waals surface area contributed by atoms with Gasteiger partial charge in [0, 0.05) is 13.1 Å². The summed E-state index contributed by atoms with van der Waals surface area (Å²) in [6, 6.07) is 7.90. The fraction of sp³-hybridized carbons (Fsp3) is 0.462. The monoisotopic (exact) mass is 219 g/mol. The third-order valence-electron chi connectivity index (χ3n) is 2.90. The van der Waals surface area contributed by atoms with E-state index in [1.807, 2.05) is 29.2 Å². The van der Waals surface area contributed by atoms with Crippen LogP contribution in [-0.2, 0) is 11.2 Å². The van der Waals surface area contributed by atoms with Crippen molar-refractivity contribution in [2.75, 3.05) is 19.7 Å². The van der Waals surface area contributed by atoms with E-state index < -0.39 is 0 Å². The maximum Gasteiger partial charge on any atom is 0.260 e. The molecule has 1 fully saturated rings. The van der Waals surface area contributed by atoms with Gasteiger partial charge in [-0.2, -0.15) is 0 Å².